The molecule has 19 heavy (non-hydrogen) atoms. The van der Waals surface area contributed by atoms with Gasteiger partial charge in [-0.3, -0.25) is 4.68 Å². The van der Waals surface area contributed by atoms with Gasteiger partial charge in [-0.25, -0.2) is 0 Å². The normalized spacial score (nSPS) is 18.1. The van der Waals surface area contributed by atoms with Crippen LogP contribution in [0.3, 0.4) is 0 Å². The second kappa shape index (κ2) is 6.53. The number of rotatable bonds is 7. The smallest absolute Gasteiger partial charge is 0.0596 e. The van der Waals surface area contributed by atoms with E-state index >= 15 is 0 Å². The molecule has 1 aromatic heterocycles. The number of aryl methyl sites for hydroxylation is 2. The quantitative estimate of drug-likeness (QED) is 0.767. The number of nitrogens with one attached hydrogen (secondary N) is 1. The van der Waals surface area contributed by atoms with Gasteiger partial charge in [0.25, 0.3) is 0 Å². The van der Waals surface area contributed by atoms with Crippen LogP contribution in [0.25, 0.3) is 0 Å². The molecule has 1 saturated carbocycles. The number of ether oxygens (including phenoxy) is 1. The number of methoxy groups -OCH3 is 1. The lowest BCUT2D eigenvalue weighted by Gasteiger charge is -2.29. The molecule has 0 unspecified atom stereocenters. The average molecular weight is 265 g/mol. The maximum absolute atomic E-state index is 5.10. The van der Waals surface area contributed by atoms with Crippen molar-refractivity contribution in [2.45, 2.75) is 39.0 Å². The first-order valence-corrected chi connectivity index (χ1v) is 7.34. The van der Waals surface area contributed by atoms with E-state index in [2.05, 4.69) is 30.5 Å². The molecule has 1 heterocycles. The first-order valence-electron chi connectivity index (χ1n) is 7.34. The standard InChI is InChI=1S/C15H27N3O/c1-13-10-14(18(2)17-13)11-15(6-4-5-7-15)12-16-8-9-19-3/h10,16H,4-9,11-12H2,1-3H3. The highest BCUT2D eigenvalue weighted by atomic mass is 16.5. The molecule has 1 aliphatic rings. The summed E-state index contributed by atoms with van der Waals surface area (Å²) in [5.74, 6) is 0. The lowest BCUT2D eigenvalue weighted by Crippen LogP contribution is -2.36. The Balaban J connectivity index is 1.97. The van der Waals surface area contributed by atoms with Gasteiger partial charge < -0.3 is 10.1 Å². The monoisotopic (exact) mass is 265 g/mol. The Hall–Kier alpha value is -0.870. The second-order valence-corrected chi connectivity index (χ2v) is 5.95. The van der Waals surface area contributed by atoms with Gasteiger partial charge >= 0.3 is 0 Å². The van der Waals surface area contributed by atoms with E-state index in [0.717, 1.165) is 31.8 Å². The molecule has 0 amide bonds. The molecule has 0 spiro atoms. The largest absolute Gasteiger partial charge is 0.383 e. The molecule has 0 atom stereocenters. The average Bonchev–Trinajstić information content (AvgIpc) is 2.94. The van der Waals surface area contributed by atoms with Crippen LogP contribution in [0.4, 0.5) is 0 Å². The van der Waals surface area contributed by atoms with Crippen LogP contribution in [-0.4, -0.2) is 36.6 Å². The molecule has 2 rings (SSSR count). The molecule has 1 N–H and O–H groups in total. The number of hydrogen-bond donors (Lipinski definition) is 1. The predicted molar refractivity (Wildman–Crippen MR) is 77.3 cm³/mol. The minimum Gasteiger partial charge on any atom is -0.383 e. The van der Waals surface area contributed by atoms with Crippen LogP contribution >= 0.6 is 0 Å². The van der Waals surface area contributed by atoms with Crippen molar-refractivity contribution in [3.8, 4) is 0 Å². The van der Waals surface area contributed by atoms with Gasteiger partial charge in [0, 0.05) is 32.9 Å². The van der Waals surface area contributed by atoms with E-state index in [0.29, 0.717) is 5.41 Å². The van der Waals surface area contributed by atoms with Gasteiger partial charge in [-0.1, -0.05) is 12.8 Å². The minimum atomic E-state index is 0.425. The molecule has 1 fully saturated rings. The van der Waals surface area contributed by atoms with Gasteiger partial charge in [0.05, 0.1) is 12.3 Å². The summed E-state index contributed by atoms with van der Waals surface area (Å²) >= 11 is 0. The van der Waals surface area contributed by atoms with Crippen molar-refractivity contribution >= 4 is 0 Å². The van der Waals surface area contributed by atoms with E-state index in [4.69, 9.17) is 4.74 Å². The number of nitrogens with zero attached hydrogens (tertiary/aromatic N) is 2. The number of hydrogen-bond acceptors (Lipinski definition) is 3. The SMILES string of the molecule is COCCNCC1(Cc2cc(C)nn2C)CCCC1. The van der Waals surface area contributed by atoms with Crippen LogP contribution in [-0.2, 0) is 18.2 Å². The van der Waals surface area contributed by atoms with E-state index in [-0.39, 0.29) is 0 Å². The number of aromatic nitrogens is 2. The van der Waals surface area contributed by atoms with E-state index in [1.807, 2.05) is 4.68 Å². The summed E-state index contributed by atoms with van der Waals surface area (Å²) in [6.07, 6.45) is 6.53. The van der Waals surface area contributed by atoms with Crippen LogP contribution in [0.1, 0.15) is 37.1 Å². The molecule has 0 aliphatic heterocycles. The van der Waals surface area contributed by atoms with Crippen LogP contribution < -0.4 is 5.32 Å². The third-order valence-corrected chi connectivity index (χ3v) is 4.30. The Labute approximate surface area is 116 Å². The van der Waals surface area contributed by atoms with Crippen LogP contribution in [0.5, 0.6) is 0 Å². The molecule has 0 radical (unpaired) electrons. The van der Waals surface area contributed by atoms with Crippen LogP contribution in [0, 0.1) is 12.3 Å². The Morgan fingerprint density at radius 3 is 2.74 bits per heavy atom. The van der Waals surface area contributed by atoms with Crippen LogP contribution in [0.15, 0.2) is 6.07 Å². The molecule has 108 valence electrons. The molecule has 4 heteroatoms. The molecule has 0 aromatic carbocycles. The first-order chi connectivity index (χ1) is 9.15. The Kier molecular flexibility index (Phi) is 4.99. The Morgan fingerprint density at radius 1 is 1.42 bits per heavy atom. The first kappa shape index (κ1) is 14.5. The summed E-state index contributed by atoms with van der Waals surface area (Å²) in [6, 6.07) is 2.23. The molecule has 0 bridgehead atoms. The van der Waals surface area contributed by atoms with E-state index in [1.54, 1.807) is 7.11 Å². The maximum Gasteiger partial charge on any atom is 0.0596 e. The zero-order valence-corrected chi connectivity index (χ0v) is 12.5. The fourth-order valence-corrected chi connectivity index (χ4v) is 3.28. The highest BCUT2D eigenvalue weighted by molar-refractivity contribution is 5.12. The van der Waals surface area contributed by atoms with Gasteiger partial charge in [-0.2, -0.15) is 5.10 Å². The molecule has 4 nitrogen and oxygen atoms in total. The minimum absolute atomic E-state index is 0.425. The van der Waals surface area contributed by atoms with Crippen molar-refractivity contribution in [3.05, 3.63) is 17.5 Å². The van der Waals surface area contributed by atoms with Gasteiger partial charge in [0.2, 0.25) is 0 Å². The van der Waals surface area contributed by atoms with E-state index in [9.17, 15) is 0 Å². The van der Waals surface area contributed by atoms with Crippen molar-refractivity contribution in [3.63, 3.8) is 0 Å². The predicted octanol–water partition coefficient (Wildman–Crippen LogP) is 2.07. The fourth-order valence-electron chi connectivity index (χ4n) is 3.28. The van der Waals surface area contributed by atoms with Crippen molar-refractivity contribution in [2.75, 3.05) is 26.8 Å². The van der Waals surface area contributed by atoms with Crippen molar-refractivity contribution in [2.24, 2.45) is 12.5 Å². The summed E-state index contributed by atoms with van der Waals surface area (Å²) in [5.41, 5.74) is 2.92. The Morgan fingerprint density at radius 2 is 2.16 bits per heavy atom. The van der Waals surface area contributed by atoms with E-state index < -0.39 is 0 Å². The summed E-state index contributed by atoms with van der Waals surface area (Å²) in [4.78, 5) is 0. The molecule has 1 aromatic rings. The van der Waals surface area contributed by atoms with E-state index in [1.165, 1.54) is 31.4 Å². The van der Waals surface area contributed by atoms with Crippen molar-refractivity contribution in [1.82, 2.24) is 15.1 Å². The molecular weight excluding hydrogens is 238 g/mol. The molecule has 1 aliphatic carbocycles. The summed E-state index contributed by atoms with van der Waals surface area (Å²) in [7, 11) is 3.81. The summed E-state index contributed by atoms with van der Waals surface area (Å²) in [6.45, 7) is 4.91. The zero-order valence-electron chi connectivity index (χ0n) is 12.5. The van der Waals surface area contributed by atoms with Gasteiger partial charge in [0.15, 0.2) is 0 Å². The lowest BCUT2D eigenvalue weighted by atomic mass is 9.81. The van der Waals surface area contributed by atoms with Crippen molar-refractivity contribution < 1.29 is 4.74 Å². The molecular formula is C15H27N3O. The third kappa shape index (κ3) is 3.80. The summed E-state index contributed by atoms with van der Waals surface area (Å²) < 4.78 is 7.15. The maximum atomic E-state index is 5.10. The van der Waals surface area contributed by atoms with Gasteiger partial charge in [-0.05, 0) is 37.7 Å². The van der Waals surface area contributed by atoms with Gasteiger partial charge in [0.1, 0.15) is 0 Å². The van der Waals surface area contributed by atoms with Crippen LogP contribution in [0.2, 0.25) is 0 Å². The lowest BCUT2D eigenvalue weighted by molar-refractivity contribution is 0.189. The highest BCUT2D eigenvalue weighted by Gasteiger charge is 2.34. The third-order valence-electron chi connectivity index (χ3n) is 4.30. The van der Waals surface area contributed by atoms with Gasteiger partial charge in [-0.15, -0.1) is 0 Å². The molecule has 0 saturated heterocycles. The summed E-state index contributed by atoms with van der Waals surface area (Å²) in [5, 5.41) is 8.03. The second-order valence-electron chi connectivity index (χ2n) is 5.95. The zero-order chi connectivity index (χ0) is 13.7. The highest BCUT2D eigenvalue weighted by Crippen LogP contribution is 2.40. The van der Waals surface area contributed by atoms with Crippen molar-refractivity contribution in [1.29, 1.82) is 0 Å². The topological polar surface area (TPSA) is 39.1 Å². The Bertz CT molecular complexity index is 394. The fraction of sp³-hybridized carbons (Fsp3) is 0.800.